The Hall–Kier alpha value is -1.04. The molecule has 3 atom stereocenters. The third-order valence-corrected chi connectivity index (χ3v) is 4.05. The molecular weight excluding hydrogens is 200 g/mol. The maximum atomic E-state index is 12.2. The normalized spacial score (nSPS) is 29.3. The van der Waals surface area contributed by atoms with Crippen molar-refractivity contribution in [3.05, 3.63) is 0 Å². The molecule has 1 saturated heterocycles. The van der Waals surface area contributed by atoms with Crippen molar-refractivity contribution < 1.29 is 4.79 Å². The lowest BCUT2D eigenvalue weighted by Gasteiger charge is -2.38. The van der Waals surface area contributed by atoms with Crippen LogP contribution >= 0.6 is 0 Å². The van der Waals surface area contributed by atoms with E-state index in [-0.39, 0.29) is 5.91 Å². The fourth-order valence-electron chi connectivity index (χ4n) is 2.07. The largest absolute Gasteiger partial charge is 0.341 e. The zero-order valence-corrected chi connectivity index (χ0v) is 10.8. The third-order valence-electron chi connectivity index (χ3n) is 4.05. The van der Waals surface area contributed by atoms with Crippen LogP contribution in [0.5, 0.6) is 0 Å². The maximum absolute atomic E-state index is 12.2. The lowest BCUT2D eigenvalue weighted by molar-refractivity contribution is -0.140. The highest BCUT2D eigenvalue weighted by molar-refractivity contribution is 5.85. The highest BCUT2D eigenvalue weighted by atomic mass is 16.2. The number of nitriles is 1. The summed E-state index contributed by atoms with van der Waals surface area (Å²) in [6, 6.07) is 2.16. The topological polar surface area (TPSA) is 44.1 Å². The van der Waals surface area contributed by atoms with Gasteiger partial charge < -0.3 is 4.90 Å². The van der Waals surface area contributed by atoms with E-state index in [4.69, 9.17) is 5.26 Å². The molecule has 3 heteroatoms. The molecule has 1 amide bonds. The van der Waals surface area contributed by atoms with Crippen LogP contribution in [-0.2, 0) is 4.79 Å². The summed E-state index contributed by atoms with van der Waals surface area (Å²) >= 11 is 0. The molecule has 0 saturated carbocycles. The number of likely N-dealkylation sites (tertiary alicyclic amines) is 1. The molecule has 3 nitrogen and oxygen atoms in total. The second-order valence-corrected chi connectivity index (χ2v) is 5.29. The minimum atomic E-state index is -0.833. The number of hydrogen-bond acceptors (Lipinski definition) is 2. The van der Waals surface area contributed by atoms with Crippen LogP contribution in [0.1, 0.15) is 40.5 Å². The molecule has 90 valence electrons. The summed E-state index contributed by atoms with van der Waals surface area (Å²) in [4.78, 5) is 14.1. The van der Waals surface area contributed by atoms with Gasteiger partial charge in [-0.15, -0.1) is 0 Å². The summed E-state index contributed by atoms with van der Waals surface area (Å²) in [5.41, 5.74) is -0.833. The molecule has 0 N–H and O–H groups in total. The molecule has 1 fully saturated rings. The van der Waals surface area contributed by atoms with Crippen LogP contribution in [0.2, 0.25) is 0 Å². The zero-order chi connectivity index (χ0) is 12.3. The van der Waals surface area contributed by atoms with Crippen LogP contribution in [0.4, 0.5) is 0 Å². The van der Waals surface area contributed by atoms with Crippen molar-refractivity contribution in [2.75, 3.05) is 13.1 Å². The van der Waals surface area contributed by atoms with Crippen LogP contribution in [0.3, 0.4) is 0 Å². The van der Waals surface area contributed by atoms with Crippen molar-refractivity contribution in [2.24, 2.45) is 17.3 Å². The number of carbonyl (C=O) groups excluding carboxylic acids is 1. The van der Waals surface area contributed by atoms with Gasteiger partial charge in [0.25, 0.3) is 0 Å². The van der Waals surface area contributed by atoms with E-state index in [9.17, 15) is 4.79 Å². The van der Waals surface area contributed by atoms with Gasteiger partial charge in [0.05, 0.1) is 6.07 Å². The Morgan fingerprint density at radius 3 is 2.56 bits per heavy atom. The van der Waals surface area contributed by atoms with E-state index in [1.54, 1.807) is 6.92 Å². The SMILES string of the molecule is CCC(C)(C#N)C(=O)N1CCC(C)C(C)C1. The van der Waals surface area contributed by atoms with Gasteiger partial charge in [0.2, 0.25) is 5.91 Å². The second kappa shape index (κ2) is 4.86. The van der Waals surface area contributed by atoms with Crippen LogP contribution in [0.25, 0.3) is 0 Å². The van der Waals surface area contributed by atoms with Crippen molar-refractivity contribution in [1.29, 1.82) is 5.26 Å². The molecule has 0 radical (unpaired) electrons. The van der Waals surface area contributed by atoms with E-state index < -0.39 is 5.41 Å². The number of piperidine rings is 1. The first kappa shape index (κ1) is 13.0. The predicted octanol–water partition coefficient (Wildman–Crippen LogP) is 2.43. The summed E-state index contributed by atoms with van der Waals surface area (Å²) in [6.07, 6.45) is 1.64. The Labute approximate surface area is 98.4 Å². The van der Waals surface area contributed by atoms with Crippen molar-refractivity contribution in [3.8, 4) is 6.07 Å². The first-order valence-corrected chi connectivity index (χ1v) is 6.15. The molecule has 0 aromatic heterocycles. The van der Waals surface area contributed by atoms with Gasteiger partial charge in [-0.1, -0.05) is 20.8 Å². The standard InChI is InChI=1S/C13H22N2O/c1-5-13(4,9-14)12(16)15-7-6-10(2)11(3)8-15/h10-11H,5-8H2,1-4H3. The molecule has 1 aliphatic rings. The molecule has 16 heavy (non-hydrogen) atoms. The molecule has 0 aromatic rings. The molecular formula is C13H22N2O. The van der Waals surface area contributed by atoms with E-state index in [1.165, 1.54) is 0 Å². The third kappa shape index (κ3) is 2.37. The van der Waals surface area contributed by atoms with Gasteiger partial charge in [-0.2, -0.15) is 5.26 Å². The first-order valence-electron chi connectivity index (χ1n) is 6.15. The zero-order valence-electron chi connectivity index (χ0n) is 10.8. The summed E-state index contributed by atoms with van der Waals surface area (Å²) in [5.74, 6) is 1.23. The Balaban J connectivity index is 2.73. The van der Waals surface area contributed by atoms with Gasteiger partial charge in [-0.3, -0.25) is 4.79 Å². The van der Waals surface area contributed by atoms with Crippen LogP contribution < -0.4 is 0 Å². The number of rotatable bonds is 2. The molecule has 0 spiro atoms. The summed E-state index contributed by atoms with van der Waals surface area (Å²) in [5, 5.41) is 9.11. The summed E-state index contributed by atoms with van der Waals surface area (Å²) in [6.45, 7) is 9.67. The summed E-state index contributed by atoms with van der Waals surface area (Å²) in [7, 11) is 0. The molecule has 0 bridgehead atoms. The molecule has 0 aliphatic carbocycles. The minimum absolute atomic E-state index is 0.0104. The molecule has 1 rings (SSSR count). The van der Waals surface area contributed by atoms with E-state index in [1.807, 2.05) is 11.8 Å². The lowest BCUT2D eigenvalue weighted by atomic mass is 9.84. The average molecular weight is 222 g/mol. The monoisotopic (exact) mass is 222 g/mol. The second-order valence-electron chi connectivity index (χ2n) is 5.29. The Morgan fingerprint density at radius 1 is 1.50 bits per heavy atom. The van der Waals surface area contributed by atoms with Crippen LogP contribution in [0, 0.1) is 28.6 Å². The number of nitrogens with zero attached hydrogens (tertiary/aromatic N) is 2. The van der Waals surface area contributed by atoms with Crippen LogP contribution in [0.15, 0.2) is 0 Å². The predicted molar refractivity (Wildman–Crippen MR) is 63.5 cm³/mol. The minimum Gasteiger partial charge on any atom is -0.341 e. The smallest absolute Gasteiger partial charge is 0.242 e. The van der Waals surface area contributed by atoms with Crippen LogP contribution in [-0.4, -0.2) is 23.9 Å². The highest BCUT2D eigenvalue weighted by Gasteiger charge is 2.37. The maximum Gasteiger partial charge on any atom is 0.242 e. The first-order chi connectivity index (χ1) is 7.44. The van der Waals surface area contributed by atoms with E-state index in [0.717, 1.165) is 19.5 Å². The van der Waals surface area contributed by atoms with Crippen molar-refractivity contribution in [2.45, 2.75) is 40.5 Å². The number of hydrogen-bond donors (Lipinski definition) is 0. The molecule has 0 aromatic carbocycles. The van der Waals surface area contributed by atoms with Crippen molar-refractivity contribution in [1.82, 2.24) is 4.90 Å². The van der Waals surface area contributed by atoms with Gasteiger partial charge in [0.15, 0.2) is 0 Å². The summed E-state index contributed by atoms with van der Waals surface area (Å²) < 4.78 is 0. The van der Waals surface area contributed by atoms with E-state index in [0.29, 0.717) is 18.3 Å². The van der Waals surface area contributed by atoms with Gasteiger partial charge in [0, 0.05) is 13.1 Å². The lowest BCUT2D eigenvalue weighted by Crippen LogP contribution is -2.47. The van der Waals surface area contributed by atoms with E-state index in [2.05, 4.69) is 19.9 Å². The number of carbonyl (C=O) groups is 1. The Bertz CT molecular complexity index is 308. The van der Waals surface area contributed by atoms with Crippen molar-refractivity contribution in [3.63, 3.8) is 0 Å². The molecule has 1 heterocycles. The van der Waals surface area contributed by atoms with E-state index >= 15 is 0 Å². The fourth-order valence-corrected chi connectivity index (χ4v) is 2.07. The quantitative estimate of drug-likeness (QED) is 0.720. The van der Waals surface area contributed by atoms with Gasteiger partial charge in [0.1, 0.15) is 5.41 Å². The highest BCUT2D eigenvalue weighted by Crippen LogP contribution is 2.28. The van der Waals surface area contributed by atoms with Gasteiger partial charge in [-0.25, -0.2) is 0 Å². The average Bonchev–Trinajstić information content (AvgIpc) is 2.30. The van der Waals surface area contributed by atoms with Gasteiger partial charge in [-0.05, 0) is 31.6 Å². The molecule has 1 aliphatic heterocycles. The van der Waals surface area contributed by atoms with Gasteiger partial charge >= 0.3 is 0 Å². The van der Waals surface area contributed by atoms with Crippen molar-refractivity contribution >= 4 is 5.91 Å². The Kier molecular flexibility index (Phi) is 3.96. The molecule has 3 unspecified atom stereocenters. The fraction of sp³-hybridized carbons (Fsp3) is 0.846. The Morgan fingerprint density at radius 2 is 2.12 bits per heavy atom. The number of amides is 1.